The van der Waals surface area contributed by atoms with Crippen molar-refractivity contribution in [2.75, 3.05) is 11.1 Å². The van der Waals surface area contributed by atoms with Crippen LogP contribution >= 0.6 is 11.8 Å². The lowest BCUT2D eigenvalue weighted by molar-refractivity contribution is -0.113. The normalized spacial score (nSPS) is 11.8. The number of halogens is 1. The lowest BCUT2D eigenvalue weighted by atomic mass is 10.1. The van der Waals surface area contributed by atoms with Crippen LogP contribution in [0.2, 0.25) is 0 Å². The molecule has 0 radical (unpaired) electrons. The number of nitrogens with one attached hydrogen (secondary N) is 2. The highest BCUT2D eigenvalue weighted by Gasteiger charge is 2.20. The number of nitrogens with zero attached hydrogens (tertiary/aromatic N) is 3. The minimum atomic E-state index is -0.589. The summed E-state index contributed by atoms with van der Waals surface area (Å²) in [6, 6.07) is 19.0. The van der Waals surface area contributed by atoms with Gasteiger partial charge in [-0.3, -0.25) is 9.59 Å². The number of amides is 2. The van der Waals surface area contributed by atoms with Crippen LogP contribution in [0, 0.1) is 5.82 Å². The van der Waals surface area contributed by atoms with E-state index in [2.05, 4.69) is 20.8 Å². The van der Waals surface area contributed by atoms with Gasteiger partial charge in [0.15, 0.2) is 11.0 Å². The molecule has 1 heterocycles. The van der Waals surface area contributed by atoms with Gasteiger partial charge in [0, 0.05) is 12.7 Å². The molecule has 3 aromatic carbocycles. The Hall–Kier alpha value is -3.72. The quantitative estimate of drug-likeness (QED) is 0.398. The van der Waals surface area contributed by atoms with Crippen molar-refractivity contribution in [3.05, 3.63) is 83.9 Å². The van der Waals surface area contributed by atoms with E-state index in [-0.39, 0.29) is 17.2 Å². The summed E-state index contributed by atoms with van der Waals surface area (Å²) in [5, 5.41) is 16.6. The molecule has 7 nitrogen and oxygen atoms in total. The molecule has 0 spiro atoms. The highest BCUT2D eigenvalue weighted by molar-refractivity contribution is 7.99. The molecule has 2 amide bonds. The van der Waals surface area contributed by atoms with Gasteiger partial charge in [-0.1, -0.05) is 54.2 Å². The molecule has 2 N–H and O–H groups in total. The van der Waals surface area contributed by atoms with Crippen molar-refractivity contribution >= 4 is 40.0 Å². The number of fused-ring (bicyclic) bond motifs is 1. The van der Waals surface area contributed by atoms with Crippen LogP contribution in [0.1, 0.15) is 29.1 Å². The molecule has 0 fully saturated rings. The van der Waals surface area contributed by atoms with Gasteiger partial charge in [-0.2, -0.15) is 0 Å². The van der Waals surface area contributed by atoms with Crippen LogP contribution in [0.4, 0.5) is 10.1 Å². The van der Waals surface area contributed by atoms with Gasteiger partial charge in [0.25, 0.3) is 5.91 Å². The van der Waals surface area contributed by atoms with Gasteiger partial charge in [-0.05, 0) is 42.0 Å². The van der Waals surface area contributed by atoms with Crippen molar-refractivity contribution in [3.63, 3.8) is 0 Å². The van der Waals surface area contributed by atoms with Crippen LogP contribution in [0.15, 0.2) is 71.9 Å². The SMILES string of the molecule is CC(NC(=O)c1ccccc1F)c1nnc(SCC(=O)Nc2ccc3ccccc3c2)n1C. The second-order valence-corrected chi connectivity index (χ2v) is 8.42. The Bertz CT molecular complexity index is 1320. The average Bonchev–Trinajstić information content (AvgIpc) is 3.18. The van der Waals surface area contributed by atoms with E-state index in [0.29, 0.717) is 11.0 Å². The van der Waals surface area contributed by atoms with Crippen molar-refractivity contribution in [1.29, 1.82) is 0 Å². The number of rotatable bonds is 7. The number of benzene rings is 3. The van der Waals surface area contributed by atoms with E-state index in [0.717, 1.165) is 16.5 Å². The summed E-state index contributed by atoms with van der Waals surface area (Å²) >= 11 is 1.24. The van der Waals surface area contributed by atoms with Crippen LogP contribution in [-0.4, -0.2) is 32.3 Å². The summed E-state index contributed by atoms with van der Waals surface area (Å²) in [5.41, 5.74) is 0.689. The Morgan fingerprint density at radius 3 is 2.55 bits per heavy atom. The molecular formula is C24H22FN5O2S. The van der Waals surface area contributed by atoms with Crippen molar-refractivity contribution in [3.8, 4) is 0 Å². The summed E-state index contributed by atoms with van der Waals surface area (Å²) in [6.07, 6.45) is 0. The number of thioether (sulfide) groups is 1. The molecular weight excluding hydrogens is 441 g/mol. The van der Waals surface area contributed by atoms with E-state index >= 15 is 0 Å². The first kappa shape index (κ1) is 22.5. The van der Waals surface area contributed by atoms with Gasteiger partial charge in [-0.25, -0.2) is 4.39 Å². The predicted octanol–water partition coefficient (Wildman–Crippen LogP) is 4.33. The van der Waals surface area contributed by atoms with Crippen molar-refractivity contribution in [2.24, 2.45) is 7.05 Å². The van der Waals surface area contributed by atoms with Crippen molar-refractivity contribution in [1.82, 2.24) is 20.1 Å². The van der Waals surface area contributed by atoms with Gasteiger partial charge < -0.3 is 15.2 Å². The zero-order valence-electron chi connectivity index (χ0n) is 18.1. The van der Waals surface area contributed by atoms with Crippen LogP contribution in [0.25, 0.3) is 10.8 Å². The number of hydrogen-bond acceptors (Lipinski definition) is 5. The first-order valence-electron chi connectivity index (χ1n) is 10.3. The van der Waals surface area contributed by atoms with Gasteiger partial charge in [0.2, 0.25) is 5.91 Å². The third-order valence-electron chi connectivity index (χ3n) is 5.09. The van der Waals surface area contributed by atoms with Crippen LogP contribution in [0.5, 0.6) is 0 Å². The molecule has 0 saturated heterocycles. The molecule has 0 bridgehead atoms. The smallest absolute Gasteiger partial charge is 0.254 e. The van der Waals surface area contributed by atoms with Gasteiger partial charge in [0.05, 0.1) is 17.4 Å². The summed E-state index contributed by atoms with van der Waals surface area (Å²) < 4.78 is 15.6. The van der Waals surface area contributed by atoms with Crippen molar-refractivity contribution in [2.45, 2.75) is 18.1 Å². The maximum Gasteiger partial charge on any atom is 0.254 e. The molecule has 9 heteroatoms. The molecule has 0 saturated carbocycles. The lowest BCUT2D eigenvalue weighted by Gasteiger charge is -2.14. The molecule has 4 aromatic rings. The minimum Gasteiger partial charge on any atom is -0.342 e. The summed E-state index contributed by atoms with van der Waals surface area (Å²) in [6.45, 7) is 1.74. The molecule has 4 rings (SSSR count). The van der Waals surface area contributed by atoms with Crippen molar-refractivity contribution < 1.29 is 14.0 Å². The van der Waals surface area contributed by atoms with Crippen LogP contribution in [-0.2, 0) is 11.8 Å². The Labute approximate surface area is 194 Å². The van der Waals surface area contributed by atoms with E-state index < -0.39 is 17.8 Å². The maximum absolute atomic E-state index is 13.9. The number of aromatic nitrogens is 3. The number of hydrogen-bond donors (Lipinski definition) is 2. The third kappa shape index (κ3) is 5.20. The number of carbonyl (C=O) groups excluding carboxylic acids is 2. The molecule has 33 heavy (non-hydrogen) atoms. The second-order valence-electron chi connectivity index (χ2n) is 7.47. The predicted molar refractivity (Wildman–Crippen MR) is 127 cm³/mol. The highest BCUT2D eigenvalue weighted by atomic mass is 32.2. The summed E-state index contributed by atoms with van der Waals surface area (Å²) in [5.74, 6) is -0.645. The topological polar surface area (TPSA) is 88.9 Å². The fourth-order valence-corrected chi connectivity index (χ4v) is 4.13. The minimum absolute atomic E-state index is 0.0357. The van der Waals surface area contributed by atoms with Gasteiger partial charge in [-0.15, -0.1) is 10.2 Å². The van der Waals surface area contributed by atoms with E-state index in [9.17, 15) is 14.0 Å². The van der Waals surface area contributed by atoms with E-state index in [4.69, 9.17) is 0 Å². The van der Waals surface area contributed by atoms with E-state index in [1.165, 1.54) is 30.0 Å². The first-order valence-corrected chi connectivity index (χ1v) is 11.3. The first-order chi connectivity index (χ1) is 15.9. The zero-order valence-corrected chi connectivity index (χ0v) is 18.9. The molecule has 0 aliphatic rings. The molecule has 1 aromatic heterocycles. The third-order valence-corrected chi connectivity index (χ3v) is 6.11. The monoisotopic (exact) mass is 463 g/mol. The second kappa shape index (κ2) is 9.83. The maximum atomic E-state index is 13.9. The largest absolute Gasteiger partial charge is 0.342 e. The summed E-state index contributed by atoms with van der Waals surface area (Å²) in [7, 11) is 1.75. The van der Waals surface area contributed by atoms with Gasteiger partial charge >= 0.3 is 0 Å². The van der Waals surface area contributed by atoms with Crippen LogP contribution < -0.4 is 10.6 Å². The van der Waals surface area contributed by atoms with E-state index in [1.54, 1.807) is 24.6 Å². The molecule has 0 aliphatic heterocycles. The van der Waals surface area contributed by atoms with E-state index in [1.807, 2.05) is 42.5 Å². The Kier molecular flexibility index (Phi) is 6.69. The van der Waals surface area contributed by atoms with Crippen LogP contribution in [0.3, 0.4) is 0 Å². The fourth-order valence-electron chi connectivity index (χ4n) is 3.41. The summed E-state index contributed by atoms with van der Waals surface area (Å²) in [4.78, 5) is 24.8. The number of carbonyl (C=O) groups is 2. The Morgan fingerprint density at radius 2 is 1.76 bits per heavy atom. The highest BCUT2D eigenvalue weighted by Crippen LogP contribution is 2.22. The average molecular weight is 464 g/mol. The molecule has 0 aliphatic carbocycles. The van der Waals surface area contributed by atoms with Gasteiger partial charge in [0.1, 0.15) is 5.82 Å². The number of anilines is 1. The Balaban J connectivity index is 1.35. The Morgan fingerprint density at radius 1 is 1.03 bits per heavy atom. The molecule has 1 unspecified atom stereocenters. The zero-order chi connectivity index (χ0) is 23.4. The lowest BCUT2D eigenvalue weighted by Crippen LogP contribution is -2.29. The fraction of sp³-hybridized carbons (Fsp3) is 0.167. The standard InChI is InChI=1S/C24H22FN5O2S/c1-15(26-23(32)19-9-5-6-10-20(19)25)22-28-29-24(30(22)2)33-14-21(31)27-18-12-11-16-7-3-4-8-17(16)13-18/h3-13,15H,14H2,1-2H3,(H,26,32)(H,27,31). The molecule has 168 valence electrons. The molecule has 1 atom stereocenters.